The van der Waals surface area contributed by atoms with E-state index in [2.05, 4.69) is 30.2 Å². The third kappa shape index (κ3) is 3.57. The standard InChI is InChI=1S/C24H21FN8O/c1-14-19(16-6-5-15(25)12-18(16)29-20(14)17-4-2-3-7-26-17)30-23-21-22(28-13-27-21)31-24(32-23)33-8-10-34-11-9-33/h2-7,12-13H,8-11H2,1H3,(H2,27,28,29,30,31,32). The number of ether oxygens (including phenoxy) is 1. The number of hydrogen-bond donors (Lipinski definition) is 2. The van der Waals surface area contributed by atoms with Gasteiger partial charge in [0.15, 0.2) is 17.0 Å². The van der Waals surface area contributed by atoms with Crippen molar-refractivity contribution in [3.63, 3.8) is 0 Å². The van der Waals surface area contributed by atoms with Gasteiger partial charge in [-0.15, -0.1) is 0 Å². The van der Waals surface area contributed by atoms with Gasteiger partial charge < -0.3 is 19.9 Å². The van der Waals surface area contributed by atoms with E-state index in [0.717, 1.165) is 16.6 Å². The average Bonchev–Trinajstić information content (AvgIpc) is 3.35. The number of pyridine rings is 2. The molecule has 0 atom stereocenters. The molecule has 0 aliphatic carbocycles. The number of halogens is 1. The normalized spacial score (nSPS) is 14.1. The molecule has 1 fully saturated rings. The highest BCUT2D eigenvalue weighted by Crippen LogP contribution is 2.36. The summed E-state index contributed by atoms with van der Waals surface area (Å²) in [7, 11) is 0. The van der Waals surface area contributed by atoms with Gasteiger partial charge in [0.05, 0.1) is 42.1 Å². The van der Waals surface area contributed by atoms with E-state index in [4.69, 9.17) is 14.7 Å². The average molecular weight is 456 g/mol. The third-order valence-corrected chi connectivity index (χ3v) is 5.90. The Hall–Kier alpha value is -4.18. The van der Waals surface area contributed by atoms with Gasteiger partial charge in [0.25, 0.3) is 0 Å². The van der Waals surface area contributed by atoms with Crippen molar-refractivity contribution in [2.24, 2.45) is 0 Å². The van der Waals surface area contributed by atoms with E-state index in [1.165, 1.54) is 12.1 Å². The number of imidazole rings is 1. The molecule has 34 heavy (non-hydrogen) atoms. The summed E-state index contributed by atoms with van der Waals surface area (Å²) in [5, 5.41) is 4.24. The van der Waals surface area contributed by atoms with E-state index >= 15 is 0 Å². The molecule has 0 bridgehead atoms. The Bertz CT molecular complexity index is 1500. The fourth-order valence-electron chi connectivity index (χ4n) is 4.18. The van der Waals surface area contributed by atoms with Crippen molar-refractivity contribution >= 4 is 39.5 Å². The molecule has 6 rings (SSSR count). The minimum Gasteiger partial charge on any atom is -0.378 e. The molecule has 0 amide bonds. The van der Waals surface area contributed by atoms with Crippen LogP contribution in [0.15, 0.2) is 48.9 Å². The number of benzene rings is 1. The lowest BCUT2D eigenvalue weighted by molar-refractivity contribution is 0.122. The van der Waals surface area contributed by atoms with Crippen molar-refractivity contribution in [3.8, 4) is 11.4 Å². The number of fused-ring (bicyclic) bond motifs is 2. The predicted molar refractivity (Wildman–Crippen MR) is 128 cm³/mol. The van der Waals surface area contributed by atoms with Gasteiger partial charge in [-0.25, -0.2) is 14.4 Å². The number of aromatic amines is 1. The summed E-state index contributed by atoms with van der Waals surface area (Å²) in [5.74, 6) is 0.794. The van der Waals surface area contributed by atoms with Crippen LogP contribution in [0.25, 0.3) is 33.5 Å². The topological polar surface area (TPSA) is 105 Å². The summed E-state index contributed by atoms with van der Waals surface area (Å²) in [6.45, 7) is 4.63. The summed E-state index contributed by atoms with van der Waals surface area (Å²) in [6.07, 6.45) is 3.31. The molecule has 9 nitrogen and oxygen atoms in total. The van der Waals surface area contributed by atoms with Crippen LogP contribution in [0.2, 0.25) is 0 Å². The molecule has 5 aromatic rings. The summed E-state index contributed by atoms with van der Waals surface area (Å²) < 4.78 is 19.6. The number of aromatic nitrogens is 6. The van der Waals surface area contributed by atoms with Crippen LogP contribution in [0, 0.1) is 12.7 Å². The quantitative estimate of drug-likeness (QED) is 0.418. The van der Waals surface area contributed by atoms with E-state index < -0.39 is 0 Å². The van der Waals surface area contributed by atoms with Crippen molar-refractivity contribution in [2.75, 3.05) is 36.5 Å². The van der Waals surface area contributed by atoms with Gasteiger partial charge >= 0.3 is 0 Å². The van der Waals surface area contributed by atoms with Crippen molar-refractivity contribution in [1.82, 2.24) is 29.9 Å². The fraction of sp³-hybridized carbons (Fsp3) is 0.208. The van der Waals surface area contributed by atoms with Crippen LogP contribution in [-0.2, 0) is 4.74 Å². The molecule has 4 aromatic heterocycles. The molecule has 0 radical (unpaired) electrons. The number of anilines is 3. The second-order valence-corrected chi connectivity index (χ2v) is 8.03. The molecule has 0 spiro atoms. The molecule has 2 N–H and O–H groups in total. The summed E-state index contributed by atoms with van der Waals surface area (Å²) >= 11 is 0. The van der Waals surface area contributed by atoms with Gasteiger partial charge in [-0.2, -0.15) is 9.97 Å². The molecule has 170 valence electrons. The fourth-order valence-corrected chi connectivity index (χ4v) is 4.18. The second-order valence-electron chi connectivity index (χ2n) is 8.03. The van der Waals surface area contributed by atoms with Crippen molar-refractivity contribution < 1.29 is 9.13 Å². The Balaban J connectivity index is 1.53. The zero-order valence-corrected chi connectivity index (χ0v) is 18.4. The highest BCUT2D eigenvalue weighted by atomic mass is 19.1. The van der Waals surface area contributed by atoms with Gasteiger partial charge in [-0.05, 0) is 31.2 Å². The van der Waals surface area contributed by atoms with E-state index in [0.29, 0.717) is 66.1 Å². The Morgan fingerprint density at radius 2 is 1.94 bits per heavy atom. The van der Waals surface area contributed by atoms with Crippen molar-refractivity contribution in [2.45, 2.75) is 6.92 Å². The SMILES string of the molecule is Cc1c(-c2ccccn2)nc2cc(F)ccc2c1Nc1nc(N2CCOCC2)nc2[nH]cnc12. The molecule has 0 unspecified atom stereocenters. The number of nitrogens with zero attached hydrogens (tertiary/aromatic N) is 6. The van der Waals surface area contributed by atoms with Crippen LogP contribution in [0.1, 0.15) is 5.56 Å². The summed E-state index contributed by atoms with van der Waals surface area (Å²) in [5.41, 5.74) is 4.77. The lowest BCUT2D eigenvalue weighted by atomic mass is 10.0. The molecule has 5 heterocycles. The molecular formula is C24H21FN8O. The lowest BCUT2D eigenvalue weighted by Crippen LogP contribution is -2.37. The molecule has 1 aliphatic heterocycles. The Morgan fingerprint density at radius 3 is 2.76 bits per heavy atom. The zero-order chi connectivity index (χ0) is 23.1. The highest BCUT2D eigenvalue weighted by Gasteiger charge is 2.20. The number of H-pyrrole nitrogens is 1. The number of nitrogens with one attached hydrogen (secondary N) is 2. The number of morpholine rings is 1. The predicted octanol–water partition coefficient (Wildman–Crippen LogP) is 3.99. The first-order chi connectivity index (χ1) is 16.7. The number of rotatable bonds is 4. The summed E-state index contributed by atoms with van der Waals surface area (Å²) in [6, 6.07) is 10.2. The molecular weight excluding hydrogens is 435 g/mol. The Morgan fingerprint density at radius 1 is 1.06 bits per heavy atom. The zero-order valence-electron chi connectivity index (χ0n) is 18.4. The second kappa shape index (κ2) is 8.31. The van der Waals surface area contributed by atoms with Crippen molar-refractivity contribution in [3.05, 3.63) is 60.3 Å². The Kier molecular flexibility index (Phi) is 4.99. The molecule has 10 heteroatoms. The van der Waals surface area contributed by atoms with E-state index in [1.807, 2.05) is 25.1 Å². The monoisotopic (exact) mass is 456 g/mol. The first-order valence-corrected chi connectivity index (χ1v) is 11.0. The van der Waals surface area contributed by atoms with E-state index in [1.54, 1.807) is 18.6 Å². The smallest absolute Gasteiger partial charge is 0.229 e. The largest absolute Gasteiger partial charge is 0.378 e. The molecule has 1 aliphatic rings. The van der Waals surface area contributed by atoms with Gasteiger partial charge in [-0.1, -0.05) is 6.07 Å². The minimum absolute atomic E-state index is 0.354. The summed E-state index contributed by atoms with van der Waals surface area (Å²) in [4.78, 5) is 28.3. The van der Waals surface area contributed by atoms with Crippen LogP contribution in [0.5, 0.6) is 0 Å². The lowest BCUT2D eigenvalue weighted by Gasteiger charge is -2.27. The van der Waals surface area contributed by atoms with Crippen molar-refractivity contribution in [1.29, 1.82) is 0 Å². The maximum atomic E-state index is 14.1. The molecule has 1 aromatic carbocycles. The third-order valence-electron chi connectivity index (χ3n) is 5.90. The van der Waals surface area contributed by atoms with E-state index in [-0.39, 0.29) is 5.82 Å². The maximum absolute atomic E-state index is 14.1. The maximum Gasteiger partial charge on any atom is 0.229 e. The minimum atomic E-state index is -0.354. The van der Waals surface area contributed by atoms with Crippen LogP contribution in [0.3, 0.4) is 0 Å². The Labute approximate surface area is 194 Å². The first kappa shape index (κ1) is 20.4. The highest BCUT2D eigenvalue weighted by molar-refractivity contribution is 5.99. The first-order valence-electron chi connectivity index (χ1n) is 11.0. The molecule has 0 saturated carbocycles. The van der Waals surface area contributed by atoms with E-state index in [9.17, 15) is 4.39 Å². The van der Waals surface area contributed by atoms with Gasteiger partial charge in [0.1, 0.15) is 5.82 Å². The van der Waals surface area contributed by atoms with Crippen LogP contribution < -0.4 is 10.2 Å². The number of hydrogen-bond acceptors (Lipinski definition) is 8. The van der Waals surface area contributed by atoms with Crippen LogP contribution in [-0.4, -0.2) is 56.2 Å². The van der Waals surface area contributed by atoms with Crippen LogP contribution in [0.4, 0.5) is 21.8 Å². The van der Waals surface area contributed by atoms with Gasteiger partial charge in [0, 0.05) is 36.3 Å². The van der Waals surface area contributed by atoms with Gasteiger partial charge in [-0.3, -0.25) is 4.98 Å². The van der Waals surface area contributed by atoms with Crippen LogP contribution >= 0.6 is 0 Å². The van der Waals surface area contributed by atoms with Gasteiger partial charge in [0.2, 0.25) is 5.95 Å². The molecule has 1 saturated heterocycles.